The zero-order valence-corrected chi connectivity index (χ0v) is 9.30. The van der Waals surface area contributed by atoms with Crippen molar-refractivity contribution in [3.63, 3.8) is 0 Å². The van der Waals surface area contributed by atoms with E-state index in [9.17, 15) is 0 Å². The highest BCUT2D eigenvalue weighted by Gasteiger charge is 2.16. The third-order valence-electron chi connectivity index (χ3n) is 2.23. The molecule has 0 rings (SSSR count). The molecular formula is C10H23NO2. The molecule has 0 fully saturated rings. The summed E-state index contributed by atoms with van der Waals surface area (Å²) in [6, 6.07) is 0. The lowest BCUT2D eigenvalue weighted by Crippen LogP contribution is -2.26. The van der Waals surface area contributed by atoms with E-state index in [1.54, 1.807) is 7.11 Å². The number of nitrogens with two attached hydrogens (primary N) is 1. The number of hydrogen-bond donors (Lipinski definition) is 1. The summed E-state index contributed by atoms with van der Waals surface area (Å²) in [7, 11) is 1.73. The molecule has 0 aromatic carbocycles. The maximum Gasteiger partial charge on any atom is 0.0644 e. The van der Waals surface area contributed by atoms with Crippen LogP contribution in [0.15, 0.2) is 0 Å². The van der Waals surface area contributed by atoms with Gasteiger partial charge in [0.05, 0.1) is 11.7 Å². The smallest absolute Gasteiger partial charge is 0.0644 e. The molecule has 13 heavy (non-hydrogen) atoms. The van der Waals surface area contributed by atoms with Gasteiger partial charge >= 0.3 is 0 Å². The van der Waals surface area contributed by atoms with Gasteiger partial charge in [0.2, 0.25) is 0 Å². The van der Waals surface area contributed by atoms with Crippen molar-refractivity contribution in [3.05, 3.63) is 0 Å². The average Bonchev–Trinajstić information content (AvgIpc) is 2.05. The van der Waals surface area contributed by atoms with Gasteiger partial charge in [0.25, 0.3) is 0 Å². The lowest BCUT2D eigenvalue weighted by Gasteiger charge is -2.23. The highest BCUT2D eigenvalue weighted by molar-refractivity contribution is 4.67. The van der Waals surface area contributed by atoms with E-state index >= 15 is 0 Å². The molecule has 0 radical (unpaired) electrons. The highest BCUT2D eigenvalue weighted by Crippen LogP contribution is 2.13. The third kappa shape index (κ3) is 6.99. The minimum absolute atomic E-state index is 0.0809. The Balaban J connectivity index is 3.44. The van der Waals surface area contributed by atoms with Crippen LogP contribution in [0.2, 0.25) is 0 Å². The van der Waals surface area contributed by atoms with Crippen molar-refractivity contribution < 1.29 is 9.47 Å². The fourth-order valence-electron chi connectivity index (χ4n) is 0.926. The van der Waals surface area contributed by atoms with Crippen molar-refractivity contribution in [3.8, 4) is 0 Å². The standard InChI is InChI=1S/C10H23NO2/c1-9(5-7-11)13-8-6-10(2,3)12-4/h9H,5-8,11H2,1-4H3. The lowest BCUT2D eigenvalue weighted by atomic mass is 10.1. The molecule has 0 aromatic rings. The molecule has 0 saturated carbocycles. The first-order valence-electron chi connectivity index (χ1n) is 4.88. The van der Waals surface area contributed by atoms with Crippen LogP contribution < -0.4 is 5.73 Å². The summed E-state index contributed by atoms with van der Waals surface area (Å²) < 4.78 is 10.8. The molecule has 0 aromatic heterocycles. The van der Waals surface area contributed by atoms with Crippen molar-refractivity contribution in [1.29, 1.82) is 0 Å². The van der Waals surface area contributed by atoms with Crippen molar-refractivity contribution in [2.45, 2.75) is 45.3 Å². The topological polar surface area (TPSA) is 44.5 Å². The van der Waals surface area contributed by atoms with Crippen molar-refractivity contribution >= 4 is 0 Å². The van der Waals surface area contributed by atoms with Crippen LogP contribution in [0.25, 0.3) is 0 Å². The fourth-order valence-corrected chi connectivity index (χ4v) is 0.926. The lowest BCUT2D eigenvalue weighted by molar-refractivity contribution is -0.0241. The average molecular weight is 189 g/mol. The van der Waals surface area contributed by atoms with Crippen molar-refractivity contribution in [2.24, 2.45) is 5.73 Å². The van der Waals surface area contributed by atoms with E-state index in [0.717, 1.165) is 19.4 Å². The normalized spacial score (nSPS) is 14.5. The van der Waals surface area contributed by atoms with E-state index in [1.807, 2.05) is 6.92 Å². The fraction of sp³-hybridized carbons (Fsp3) is 1.00. The predicted octanol–water partition coefficient (Wildman–Crippen LogP) is 1.56. The van der Waals surface area contributed by atoms with Crippen molar-refractivity contribution in [1.82, 2.24) is 0 Å². The van der Waals surface area contributed by atoms with E-state index < -0.39 is 0 Å². The van der Waals surface area contributed by atoms with Gasteiger partial charge in [0.15, 0.2) is 0 Å². The molecule has 80 valence electrons. The first-order chi connectivity index (χ1) is 6.02. The molecular weight excluding hydrogens is 166 g/mol. The zero-order chi connectivity index (χ0) is 10.3. The molecule has 0 aliphatic heterocycles. The SMILES string of the molecule is COC(C)(C)CCOC(C)CCN. The van der Waals surface area contributed by atoms with Crippen molar-refractivity contribution in [2.75, 3.05) is 20.3 Å². The van der Waals surface area contributed by atoms with E-state index in [4.69, 9.17) is 15.2 Å². The van der Waals surface area contributed by atoms with E-state index in [0.29, 0.717) is 6.54 Å². The molecule has 0 amide bonds. The molecule has 1 unspecified atom stereocenters. The molecule has 0 aliphatic rings. The van der Waals surface area contributed by atoms with Gasteiger partial charge in [-0.25, -0.2) is 0 Å². The molecule has 0 aliphatic carbocycles. The Hall–Kier alpha value is -0.120. The Labute approximate surface area is 81.6 Å². The molecule has 3 heteroatoms. The van der Waals surface area contributed by atoms with E-state index in [1.165, 1.54) is 0 Å². The summed E-state index contributed by atoms with van der Waals surface area (Å²) in [6.45, 7) is 7.59. The van der Waals surface area contributed by atoms with Gasteiger partial charge in [0.1, 0.15) is 0 Å². The second kappa shape index (κ2) is 6.35. The quantitative estimate of drug-likeness (QED) is 0.661. The Morgan fingerprint density at radius 2 is 2.00 bits per heavy atom. The summed E-state index contributed by atoms with van der Waals surface area (Å²) in [5.74, 6) is 0. The number of hydrogen-bond acceptors (Lipinski definition) is 3. The molecule has 1 atom stereocenters. The van der Waals surface area contributed by atoms with Gasteiger partial charge in [-0.05, 0) is 40.2 Å². The Kier molecular flexibility index (Phi) is 6.29. The molecule has 3 nitrogen and oxygen atoms in total. The predicted molar refractivity (Wildman–Crippen MR) is 54.8 cm³/mol. The van der Waals surface area contributed by atoms with E-state index in [2.05, 4.69) is 13.8 Å². The monoisotopic (exact) mass is 189 g/mol. The van der Waals surface area contributed by atoms with Gasteiger partial charge in [-0.15, -0.1) is 0 Å². The number of ether oxygens (including phenoxy) is 2. The van der Waals surface area contributed by atoms with Gasteiger partial charge in [0, 0.05) is 13.7 Å². The van der Waals surface area contributed by atoms with Crippen LogP contribution >= 0.6 is 0 Å². The minimum atomic E-state index is -0.0809. The van der Waals surface area contributed by atoms with Crippen LogP contribution in [0.3, 0.4) is 0 Å². The molecule has 0 saturated heterocycles. The Morgan fingerprint density at radius 3 is 2.46 bits per heavy atom. The second-order valence-electron chi connectivity index (χ2n) is 3.97. The summed E-state index contributed by atoms with van der Waals surface area (Å²) >= 11 is 0. The number of rotatable bonds is 7. The maximum absolute atomic E-state index is 5.56. The van der Waals surface area contributed by atoms with Crippen LogP contribution in [0.4, 0.5) is 0 Å². The van der Waals surface area contributed by atoms with Crippen LogP contribution in [-0.4, -0.2) is 32.0 Å². The third-order valence-corrected chi connectivity index (χ3v) is 2.23. The minimum Gasteiger partial charge on any atom is -0.379 e. The zero-order valence-electron chi connectivity index (χ0n) is 9.30. The Bertz CT molecular complexity index is 126. The summed E-state index contributed by atoms with van der Waals surface area (Å²) in [4.78, 5) is 0. The van der Waals surface area contributed by atoms with Crippen LogP contribution in [0.1, 0.15) is 33.6 Å². The van der Waals surface area contributed by atoms with Crippen LogP contribution in [0, 0.1) is 0 Å². The summed E-state index contributed by atoms with van der Waals surface area (Å²) in [6.07, 6.45) is 2.10. The summed E-state index contributed by atoms with van der Waals surface area (Å²) in [5, 5.41) is 0. The first kappa shape index (κ1) is 12.9. The second-order valence-corrected chi connectivity index (χ2v) is 3.97. The summed E-state index contributed by atoms with van der Waals surface area (Å²) in [5.41, 5.74) is 5.33. The van der Waals surface area contributed by atoms with Crippen LogP contribution in [-0.2, 0) is 9.47 Å². The Morgan fingerprint density at radius 1 is 1.38 bits per heavy atom. The van der Waals surface area contributed by atoms with Gasteiger partial charge in [-0.3, -0.25) is 0 Å². The molecule has 0 bridgehead atoms. The van der Waals surface area contributed by atoms with E-state index in [-0.39, 0.29) is 11.7 Å². The first-order valence-corrected chi connectivity index (χ1v) is 4.88. The molecule has 0 spiro atoms. The van der Waals surface area contributed by atoms with Gasteiger partial charge < -0.3 is 15.2 Å². The highest BCUT2D eigenvalue weighted by atomic mass is 16.5. The van der Waals surface area contributed by atoms with Crippen LogP contribution in [0.5, 0.6) is 0 Å². The number of methoxy groups -OCH3 is 1. The molecule has 2 N–H and O–H groups in total. The molecule has 0 heterocycles. The largest absolute Gasteiger partial charge is 0.379 e. The maximum atomic E-state index is 5.56. The van der Waals surface area contributed by atoms with Gasteiger partial charge in [-0.1, -0.05) is 0 Å². The van der Waals surface area contributed by atoms with Gasteiger partial charge in [-0.2, -0.15) is 0 Å².